The van der Waals surface area contributed by atoms with Gasteiger partial charge < -0.3 is 5.73 Å². The van der Waals surface area contributed by atoms with Crippen LogP contribution < -0.4 is 5.73 Å². The summed E-state index contributed by atoms with van der Waals surface area (Å²) in [5.41, 5.74) is 5.30. The van der Waals surface area contributed by atoms with Gasteiger partial charge >= 0.3 is 0 Å². The van der Waals surface area contributed by atoms with Crippen LogP contribution in [0.4, 0.5) is 5.82 Å². The lowest BCUT2D eigenvalue weighted by atomic mass is 10.7. The molecule has 5 heteroatoms. The van der Waals surface area contributed by atoms with Crippen LogP contribution in [0.2, 0.25) is 0 Å². The third-order valence-electron chi connectivity index (χ3n) is 1.04. The summed E-state index contributed by atoms with van der Waals surface area (Å²) in [5, 5.41) is 3.78. The third-order valence-corrected chi connectivity index (χ3v) is 2.16. The SMILES string of the molecule is CCS(=O)n1ccc(N)n1. The van der Waals surface area contributed by atoms with Gasteiger partial charge in [-0.2, -0.15) is 4.09 Å². The minimum absolute atomic E-state index is 0.404. The highest BCUT2D eigenvalue weighted by Crippen LogP contribution is 1.96. The molecule has 0 aromatic carbocycles. The molecule has 1 rings (SSSR count). The van der Waals surface area contributed by atoms with Gasteiger partial charge in [-0.1, -0.05) is 6.92 Å². The average molecular weight is 159 g/mol. The molecule has 1 atom stereocenters. The summed E-state index contributed by atoms with van der Waals surface area (Å²) in [5.74, 6) is 0.961. The van der Waals surface area contributed by atoms with Gasteiger partial charge in [0.25, 0.3) is 0 Å². The second-order valence-corrected chi connectivity index (χ2v) is 3.35. The molecule has 0 bridgehead atoms. The number of aromatic nitrogens is 2. The lowest BCUT2D eigenvalue weighted by Crippen LogP contribution is -2.07. The third kappa shape index (κ3) is 1.36. The largest absolute Gasteiger partial charge is 0.382 e. The molecule has 1 heterocycles. The molecule has 0 aliphatic carbocycles. The number of nitrogens with two attached hydrogens (primary N) is 1. The van der Waals surface area contributed by atoms with Gasteiger partial charge in [0, 0.05) is 18.0 Å². The molecule has 0 aliphatic rings. The van der Waals surface area contributed by atoms with Gasteiger partial charge in [0.15, 0.2) is 0 Å². The maximum atomic E-state index is 11.0. The summed E-state index contributed by atoms with van der Waals surface area (Å²) < 4.78 is 12.3. The fraction of sp³-hybridized carbons (Fsp3) is 0.400. The fourth-order valence-electron chi connectivity index (χ4n) is 0.566. The Labute approximate surface area is 61.6 Å². The van der Waals surface area contributed by atoms with E-state index in [1.807, 2.05) is 6.92 Å². The van der Waals surface area contributed by atoms with Crippen LogP contribution in [0.5, 0.6) is 0 Å². The highest BCUT2D eigenvalue weighted by molar-refractivity contribution is 7.83. The van der Waals surface area contributed by atoms with Crippen LogP contribution in [-0.2, 0) is 11.0 Å². The van der Waals surface area contributed by atoms with Crippen LogP contribution in [0, 0.1) is 0 Å². The highest BCUT2D eigenvalue weighted by atomic mass is 32.2. The van der Waals surface area contributed by atoms with Crippen LogP contribution in [0.15, 0.2) is 12.3 Å². The molecule has 2 N–H and O–H groups in total. The molecule has 0 saturated carbocycles. The quantitative estimate of drug-likeness (QED) is 0.660. The summed E-state index contributed by atoms with van der Waals surface area (Å²) >= 11 is 0. The number of rotatable bonds is 2. The van der Waals surface area contributed by atoms with Crippen LogP contribution in [0.3, 0.4) is 0 Å². The predicted molar refractivity (Wildman–Crippen MR) is 40.7 cm³/mol. The van der Waals surface area contributed by atoms with E-state index in [1.54, 1.807) is 12.3 Å². The van der Waals surface area contributed by atoms with Crippen LogP contribution >= 0.6 is 0 Å². The first-order valence-electron chi connectivity index (χ1n) is 2.94. The molecule has 0 radical (unpaired) electrons. The zero-order chi connectivity index (χ0) is 7.56. The predicted octanol–water partition coefficient (Wildman–Crippen LogP) is -0.00300. The number of nitrogen functional groups attached to an aromatic ring is 1. The topological polar surface area (TPSA) is 60.9 Å². The molecular weight excluding hydrogens is 150 g/mol. The molecule has 10 heavy (non-hydrogen) atoms. The fourth-order valence-corrected chi connectivity index (χ4v) is 1.21. The van der Waals surface area contributed by atoms with Crippen molar-refractivity contribution in [2.75, 3.05) is 11.5 Å². The lowest BCUT2D eigenvalue weighted by Gasteiger charge is -1.94. The van der Waals surface area contributed by atoms with Crippen LogP contribution in [0.25, 0.3) is 0 Å². The van der Waals surface area contributed by atoms with Crippen molar-refractivity contribution in [2.45, 2.75) is 6.92 Å². The molecule has 1 aromatic heterocycles. The Morgan fingerprint density at radius 3 is 3.00 bits per heavy atom. The zero-order valence-electron chi connectivity index (χ0n) is 5.65. The average Bonchev–Trinajstić information content (AvgIpc) is 2.34. The van der Waals surface area contributed by atoms with Crippen molar-refractivity contribution in [1.82, 2.24) is 9.19 Å². The van der Waals surface area contributed by atoms with Gasteiger partial charge in [0.05, 0.1) is 0 Å². The Kier molecular flexibility index (Phi) is 2.06. The molecule has 0 amide bonds. The Balaban J connectivity index is 2.85. The Morgan fingerprint density at radius 2 is 2.60 bits per heavy atom. The van der Waals surface area contributed by atoms with E-state index >= 15 is 0 Å². The van der Waals surface area contributed by atoms with Crippen molar-refractivity contribution in [3.63, 3.8) is 0 Å². The van der Waals surface area contributed by atoms with Crippen molar-refractivity contribution in [3.8, 4) is 0 Å². The lowest BCUT2D eigenvalue weighted by molar-refractivity contribution is 0.672. The number of hydrogen-bond donors (Lipinski definition) is 1. The van der Waals surface area contributed by atoms with E-state index in [0.717, 1.165) is 0 Å². The van der Waals surface area contributed by atoms with Gasteiger partial charge in [0.1, 0.15) is 16.8 Å². The number of hydrogen-bond acceptors (Lipinski definition) is 3. The van der Waals surface area contributed by atoms with E-state index in [0.29, 0.717) is 11.6 Å². The first-order valence-corrected chi connectivity index (χ1v) is 4.21. The van der Waals surface area contributed by atoms with E-state index in [1.165, 1.54) is 4.09 Å². The summed E-state index contributed by atoms with van der Waals surface area (Å²) in [6.45, 7) is 1.83. The molecule has 1 aromatic rings. The molecule has 0 spiro atoms. The Hall–Kier alpha value is -0.840. The smallest absolute Gasteiger partial charge is 0.146 e. The van der Waals surface area contributed by atoms with Crippen LogP contribution in [0.1, 0.15) is 6.92 Å². The molecule has 0 fully saturated rings. The summed E-state index contributed by atoms with van der Waals surface area (Å²) in [6, 6.07) is 1.62. The monoisotopic (exact) mass is 159 g/mol. The van der Waals surface area contributed by atoms with Crippen molar-refractivity contribution >= 4 is 16.8 Å². The zero-order valence-corrected chi connectivity index (χ0v) is 6.47. The first kappa shape index (κ1) is 7.27. The number of anilines is 1. The first-order chi connectivity index (χ1) is 4.74. The van der Waals surface area contributed by atoms with Gasteiger partial charge in [-0.15, -0.1) is 5.10 Å². The molecule has 56 valence electrons. The molecule has 4 nitrogen and oxygen atoms in total. The van der Waals surface area contributed by atoms with E-state index < -0.39 is 11.0 Å². The van der Waals surface area contributed by atoms with Crippen molar-refractivity contribution in [2.24, 2.45) is 0 Å². The minimum atomic E-state index is -1.04. The maximum absolute atomic E-state index is 11.0. The van der Waals surface area contributed by atoms with Gasteiger partial charge in [-0.25, -0.2) is 4.21 Å². The molecular formula is C5H9N3OS. The normalized spacial score (nSPS) is 13.3. The summed E-state index contributed by atoms with van der Waals surface area (Å²) in [6.07, 6.45) is 1.61. The molecule has 0 saturated heterocycles. The second-order valence-electron chi connectivity index (χ2n) is 1.75. The van der Waals surface area contributed by atoms with Crippen LogP contribution in [-0.4, -0.2) is 19.1 Å². The summed E-state index contributed by atoms with van der Waals surface area (Å²) in [4.78, 5) is 0. The van der Waals surface area contributed by atoms with Crippen molar-refractivity contribution < 1.29 is 4.21 Å². The maximum Gasteiger partial charge on any atom is 0.146 e. The van der Waals surface area contributed by atoms with Gasteiger partial charge in [0.2, 0.25) is 0 Å². The Morgan fingerprint density at radius 1 is 1.90 bits per heavy atom. The van der Waals surface area contributed by atoms with Crippen molar-refractivity contribution in [3.05, 3.63) is 12.3 Å². The second kappa shape index (κ2) is 2.83. The summed E-state index contributed by atoms with van der Waals surface area (Å²) in [7, 11) is -1.04. The van der Waals surface area contributed by atoms with Crippen molar-refractivity contribution in [1.29, 1.82) is 0 Å². The van der Waals surface area contributed by atoms with E-state index in [9.17, 15) is 4.21 Å². The standard InChI is InChI=1S/C5H9N3OS/c1-2-10(9)8-4-3-5(6)7-8/h3-4H,2H2,1H3,(H2,6,7). The molecule has 0 aliphatic heterocycles. The van der Waals surface area contributed by atoms with E-state index in [2.05, 4.69) is 5.10 Å². The Bertz CT molecular complexity index is 245. The van der Waals surface area contributed by atoms with E-state index in [-0.39, 0.29) is 0 Å². The van der Waals surface area contributed by atoms with Gasteiger partial charge in [-0.05, 0) is 0 Å². The minimum Gasteiger partial charge on any atom is -0.382 e. The van der Waals surface area contributed by atoms with E-state index in [4.69, 9.17) is 5.73 Å². The van der Waals surface area contributed by atoms with Gasteiger partial charge in [-0.3, -0.25) is 0 Å². The number of nitrogens with zero attached hydrogens (tertiary/aromatic N) is 2. The molecule has 1 unspecified atom stereocenters. The highest BCUT2D eigenvalue weighted by Gasteiger charge is 1.98.